The van der Waals surface area contributed by atoms with Crippen molar-refractivity contribution < 1.29 is 18.7 Å². The van der Waals surface area contributed by atoms with E-state index in [-0.39, 0.29) is 23.5 Å². The minimum atomic E-state index is -1.09. The molecule has 126 valence electrons. The third kappa shape index (κ3) is 4.00. The molecule has 0 bridgehead atoms. The van der Waals surface area contributed by atoms with Gasteiger partial charge in [-0.05, 0) is 17.5 Å². The van der Waals surface area contributed by atoms with Gasteiger partial charge >= 0.3 is 6.09 Å². The third-order valence-electron chi connectivity index (χ3n) is 3.02. The molecule has 0 aliphatic heterocycles. The van der Waals surface area contributed by atoms with E-state index in [0.29, 0.717) is 10.9 Å². The summed E-state index contributed by atoms with van der Waals surface area (Å²) in [6.45, 7) is 5.40. The zero-order valence-corrected chi connectivity index (χ0v) is 14.2. The van der Waals surface area contributed by atoms with Crippen molar-refractivity contribution in [1.82, 2.24) is 4.98 Å². The van der Waals surface area contributed by atoms with Crippen LogP contribution in [0.3, 0.4) is 0 Å². The molecule has 0 saturated carbocycles. The number of benzene rings is 1. The highest BCUT2D eigenvalue weighted by molar-refractivity contribution is 7.11. The highest BCUT2D eigenvalue weighted by Gasteiger charge is 2.27. The number of hydrogen-bond donors (Lipinski definition) is 1. The van der Waals surface area contributed by atoms with Gasteiger partial charge in [-0.1, -0.05) is 32.1 Å². The van der Waals surface area contributed by atoms with E-state index in [1.54, 1.807) is 26.2 Å². The predicted molar refractivity (Wildman–Crippen MR) is 86.8 cm³/mol. The van der Waals surface area contributed by atoms with Crippen LogP contribution in [0.15, 0.2) is 17.5 Å². The molecule has 0 aliphatic carbocycles. The number of nitrogens with two attached hydrogens (primary N) is 1. The second kappa shape index (κ2) is 6.84. The monoisotopic (exact) mass is 349 g/mol. The van der Waals surface area contributed by atoms with E-state index in [4.69, 9.17) is 15.7 Å². The summed E-state index contributed by atoms with van der Waals surface area (Å²) < 4.78 is 25.1. The molecule has 8 heteroatoms. The summed E-state index contributed by atoms with van der Waals surface area (Å²) in [5.41, 5.74) is 5.15. The van der Waals surface area contributed by atoms with Gasteiger partial charge in [0.1, 0.15) is 5.75 Å². The van der Waals surface area contributed by atoms with Crippen LogP contribution >= 0.6 is 11.3 Å². The number of carbonyl (C=O) groups excluding carboxylic acids is 1. The molecule has 6 nitrogen and oxygen atoms in total. The molecule has 0 fully saturated rings. The maximum Gasteiger partial charge on any atom is 0.410 e. The van der Waals surface area contributed by atoms with E-state index < -0.39 is 17.3 Å². The lowest BCUT2D eigenvalue weighted by Gasteiger charge is -2.23. The van der Waals surface area contributed by atoms with Gasteiger partial charge in [-0.15, -0.1) is 0 Å². The fourth-order valence-corrected chi connectivity index (χ4v) is 2.78. The zero-order valence-electron chi connectivity index (χ0n) is 13.4. The lowest BCUT2D eigenvalue weighted by Crippen LogP contribution is -2.20. The maximum atomic E-state index is 14.7. The summed E-state index contributed by atoms with van der Waals surface area (Å²) >= 11 is 1.21. The van der Waals surface area contributed by atoms with Gasteiger partial charge in [-0.25, -0.2) is 14.2 Å². The molecule has 0 saturated heterocycles. The highest BCUT2D eigenvalue weighted by Crippen LogP contribution is 2.40. The number of amides is 1. The summed E-state index contributed by atoms with van der Waals surface area (Å²) in [7, 11) is 0. The first-order valence-corrected chi connectivity index (χ1v) is 7.90. The van der Waals surface area contributed by atoms with Gasteiger partial charge in [0.15, 0.2) is 11.6 Å². The van der Waals surface area contributed by atoms with Crippen LogP contribution in [-0.2, 0) is 11.8 Å². The number of hydrogen-bond acceptors (Lipinski definition) is 6. The first kappa shape index (κ1) is 17.7. The van der Waals surface area contributed by atoms with E-state index in [1.165, 1.54) is 23.5 Å². The molecule has 0 spiro atoms. The van der Waals surface area contributed by atoms with Crippen molar-refractivity contribution in [3.05, 3.63) is 34.6 Å². The van der Waals surface area contributed by atoms with Crippen LogP contribution < -0.4 is 15.2 Å². The summed E-state index contributed by atoms with van der Waals surface area (Å²) in [6, 6.07) is 4.77. The smallest absolute Gasteiger partial charge is 0.410 e. The number of halogens is 1. The Bertz CT molecular complexity index is 806. The fourth-order valence-electron chi connectivity index (χ4n) is 2.10. The maximum absolute atomic E-state index is 14.7. The molecular weight excluding hydrogens is 333 g/mol. The molecule has 1 amide bonds. The standard InChI is InChI=1S/C16H16FN3O3S/c1-16(2,3)12-10(4-5-11(13(12)17)22-14(19)21)23-15-20-9(6-7-18)8-24-15/h4-5,8H,6H2,1-3H3,(H2,19,21). The quantitative estimate of drug-likeness (QED) is 0.903. The molecule has 0 unspecified atom stereocenters. The van der Waals surface area contributed by atoms with Crippen LogP contribution in [0.25, 0.3) is 0 Å². The van der Waals surface area contributed by atoms with Crippen LogP contribution in [0.4, 0.5) is 9.18 Å². The van der Waals surface area contributed by atoms with Crippen molar-refractivity contribution in [3.63, 3.8) is 0 Å². The number of ether oxygens (including phenoxy) is 2. The molecule has 24 heavy (non-hydrogen) atoms. The number of nitriles is 1. The first-order valence-electron chi connectivity index (χ1n) is 7.02. The van der Waals surface area contributed by atoms with E-state index >= 15 is 0 Å². The average Bonchev–Trinajstić information content (AvgIpc) is 2.88. The van der Waals surface area contributed by atoms with Crippen molar-refractivity contribution in [2.24, 2.45) is 5.73 Å². The minimum Gasteiger partial charge on any atom is -0.430 e. The van der Waals surface area contributed by atoms with Crippen molar-refractivity contribution in [2.75, 3.05) is 0 Å². The van der Waals surface area contributed by atoms with E-state index in [2.05, 4.69) is 9.72 Å². The Hall–Kier alpha value is -2.66. The molecule has 0 aliphatic rings. The largest absolute Gasteiger partial charge is 0.430 e. The molecule has 2 rings (SSSR count). The normalized spacial score (nSPS) is 11.0. The minimum absolute atomic E-state index is 0.172. The first-order chi connectivity index (χ1) is 11.2. The molecule has 2 N–H and O–H groups in total. The lowest BCUT2D eigenvalue weighted by atomic mass is 9.85. The number of rotatable bonds is 4. The highest BCUT2D eigenvalue weighted by atomic mass is 32.1. The molecule has 1 heterocycles. The van der Waals surface area contributed by atoms with E-state index in [1.807, 2.05) is 6.07 Å². The predicted octanol–water partition coefficient (Wildman–Crippen LogP) is 3.90. The van der Waals surface area contributed by atoms with Crippen molar-refractivity contribution in [1.29, 1.82) is 5.26 Å². The summed E-state index contributed by atoms with van der Waals surface area (Å²) in [5.74, 6) is -0.716. The Kier molecular flexibility index (Phi) is 5.04. The van der Waals surface area contributed by atoms with Gasteiger partial charge in [0.05, 0.1) is 18.2 Å². The van der Waals surface area contributed by atoms with Crippen LogP contribution in [0.5, 0.6) is 16.7 Å². The molecular formula is C16H16FN3O3S. The molecule has 0 radical (unpaired) electrons. The van der Waals surface area contributed by atoms with Crippen molar-refractivity contribution in [3.8, 4) is 22.8 Å². The van der Waals surface area contributed by atoms with Crippen molar-refractivity contribution in [2.45, 2.75) is 32.6 Å². The van der Waals surface area contributed by atoms with Crippen LogP contribution in [0.1, 0.15) is 32.0 Å². The number of carbonyl (C=O) groups is 1. The Morgan fingerprint density at radius 1 is 1.42 bits per heavy atom. The topological polar surface area (TPSA) is 98.2 Å². The fraction of sp³-hybridized carbons (Fsp3) is 0.312. The Labute approximate surface area is 142 Å². The van der Waals surface area contributed by atoms with Gasteiger partial charge in [0.2, 0.25) is 0 Å². The van der Waals surface area contributed by atoms with Gasteiger partial charge in [0, 0.05) is 10.9 Å². The Morgan fingerprint density at radius 3 is 2.67 bits per heavy atom. The van der Waals surface area contributed by atoms with Crippen LogP contribution in [0.2, 0.25) is 0 Å². The van der Waals surface area contributed by atoms with Gasteiger partial charge in [-0.2, -0.15) is 5.26 Å². The number of primary amides is 1. The molecule has 0 atom stereocenters. The number of nitrogens with zero attached hydrogens (tertiary/aromatic N) is 2. The van der Waals surface area contributed by atoms with Crippen LogP contribution in [-0.4, -0.2) is 11.1 Å². The summed E-state index contributed by atoms with van der Waals surface area (Å²) in [6.07, 6.45) is -0.922. The van der Waals surface area contributed by atoms with Crippen LogP contribution in [0, 0.1) is 17.1 Å². The summed E-state index contributed by atoms with van der Waals surface area (Å²) in [4.78, 5) is 15.1. The SMILES string of the molecule is CC(C)(C)c1c(Oc2nc(CC#N)cs2)ccc(OC(N)=O)c1F. The van der Waals surface area contributed by atoms with E-state index in [9.17, 15) is 9.18 Å². The van der Waals surface area contributed by atoms with E-state index in [0.717, 1.165) is 0 Å². The Balaban J connectivity index is 2.43. The lowest BCUT2D eigenvalue weighted by molar-refractivity contribution is 0.208. The Morgan fingerprint density at radius 2 is 2.08 bits per heavy atom. The second-order valence-corrected chi connectivity index (χ2v) is 6.78. The zero-order chi connectivity index (χ0) is 17.9. The van der Waals surface area contributed by atoms with Gasteiger partial charge < -0.3 is 15.2 Å². The summed E-state index contributed by atoms with van der Waals surface area (Å²) in [5, 5.41) is 10.7. The second-order valence-electron chi connectivity index (χ2n) is 5.96. The molecule has 1 aromatic heterocycles. The third-order valence-corrected chi connectivity index (χ3v) is 3.78. The molecule has 2 aromatic rings. The van der Waals surface area contributed by atoms with Gasteiger partial charge in [0.25, 0.3) is 5.19 Å². The van der Waals surface area contributed by atoms with Crippen molar-refractivity contribution >= 4 is 17.4 Å². The number of thiazole rings is 1. The van der Waals surface area contributed by atoms with Gasteiger partial charge in [-0.3, -0.25) is 0 Å². The average molecular weight is 349 g/mol. The molecule has 1 aromatic carbocycles. The number of aromatic nitrogens is 1.